The molecule has 0 aliphatic heterocycles. The van der Waals surface area contributed by atoms with E-state index in [2.05, 4.69) is 10.3 Å². The third-order valence-corrected chi connectivity index (χ3v) is 4.02. The van der Waals surface area contributed by atoms with E-state index >= 15 is 0 Å². The Morgan fingerprint density at radius 1 is 1.29 bits per heavy atom. The van der Waals surface area contributed by atoms with Crippen molar-refractivity contribution in [2.45, 2.75) is 13.5 Å². The van der Waals surface area contributed by atoms with Crippen molar-refractivity contribution in [2.75, 3.05) is 0 Å². The summed E-state index contributed by atoms with van der Waals surface area (Å²) in [6.45, 7) is 2.52. The first-order valence-corrected chi connectivity index (χ1v) is 7.29. The molecule has 3 rings (SSSR count). The van der Waals surface area contributed by atoms with Crippen LogP contribution in [0.2, 0.25) is 0 Å². The molecule has 0 amide bonds. The number of nitrogens with zero attached hydrogens (tertiary/aromatic N) is 3. The minimum Gasteiger partial charge on any atom is -0.476 e. The van der Waals surface area contributed by atoms with Crippen LogP contribution < -0.4 is 0 Å². The molecule has 0 radical (unpaired) electrons. The molecule has 0 fully saturated rings. The van der Waals surface area contributed by atoms with E-state index in [0.29, 0.717) is 12.2 Å². The third kappa shape index (κ3) is 2.71. The van der Waals surface area contributed by atoms with E-state index in [4.69, 9.17) is 0 Å². The lowest BCUT2D eigenvalue weighted by Gasteiger charge is -2.06. The Labute approximate surface area is 125 Å². The maximum atomic E-state index is 11.3. The van der Waals surface area contributed by atoms with Crippen LogP contribution in [0.5, 0.6) is 0 Å². The van der Waals surface area contributed by atoms with Crippen LogP contribution in [-0.4, -0.2) is 26.1 Å². The number of aromatic carboxylic acids is 1. The van der Waals surface area contributed by atoms with Crippen LogP contribution in [0.15, 0.2) is 41.8 Å². The zero-order valence-corrected chi connectivity index (χ0v) is 12.2. The third-order valence-electron chi connectivity index (χ3n) is 3.15. The highest BCUT2D eigenvalue weighted by atomic mass is 32.1. The second-order valence-electron chi connectivity index (χ2n) is 4.71. The van der Waals surface area contributed by atoms with Crippen molar-refractivity contribution in [3.63, 3.8) is 0 Å². The number of hydrogen-bond donors (Lipinski definition) is 1. The number of rotatable bonds is 4. The first-order valence-electron chi connectivity index (χ1n) is 6.41. The summed E-state index contributed by atoms with van der Waals surface area (Å²) < 4.78 is 1.64. The van der Waals surface area contributed by atoms with Crippen molar-refractivity contribution >= 4 is 17.3 Å². The number of benzene rings is 1. The maximum absolute atomic E-state index is 11.3. The molecule has 6 heteroatoms. The van der Waals surface area contributed by atoms with Crippen molar-refractivity contribution in [1.29, 1.82) is 0 Å². The Hall–Kier alpha value is -2.47. The molecule has 0 saturated heterocycles. The molecule has 2 heterocycles. The number of thiophene rings is 1. The average molecular weight is 299 g/mol. The fourth-order valence-electron chi connectivity index (χ4n) is 2.09. The van der Waals surface area contributed by atoms with Gasteiger partial charge in [-0.2, -0.15) is 0 Å². The Balaban J connectivity index is 2.03. The molecule has 0 aliphatic carbocycles. The first-order chi connectivity index (χ1) is 10.1. The van der Waals surface area contributed by atoms with Crippen molar-refractivity contribution < 1.29 is 9.90 Å². The van der Waals surface area contributed by atoms with Gasteiger partial charge in [-0.25, -0.2) is 9.48 Å². The molecule has 0 saturated carbocycles. The predicted molar refractivity (Wildman–Crippen MR) is 80.6 cm³/mol. The van der Waals surface area contributed by atoms with E-state index in [1.807, 2.05) is 48.7 Å². The number of carboxylic acids is 1. The smallest absolute Gasteiger partial charge is 0.358 e. The Bertz CT molecular complexity index is 761. The van der Waals surface area contributed by atoms with Crippen molar-refractivity contribution in [2.24, 2.45) is 0 Å². The molecule has 0 spiro atoms. The summed E-state index contributed by atoms with van der Waals surface area (Å²) >= 11 is 1.48. The molecule has 1 N–H and O–H groups in total. The lowest BCUT2D eigenvalue weighted by Crippen LogP contribution is -2.05. The van der Waals surface area contributed by atoms with Gasteiger partial charge < -0.3 is 5.11 Å². The molecule has 0 atom stereocenters. The molecule has 3 aromatic rings. The minimum atomic E-state index is -1.06. The van der Waals surface area contributed by atoms with Crippen LogP contribution >= 0.6 is 11.3 Å². The molecule has 0 unspecified atom stereocenters. The van der Waals surface area contributed by atoms with E-state index in [0.717, 1.165) is 10.4 Å². The van der Waals surface area contributed by atoms with Crippen LogP contribution in [0, 0.1) is 6.92 Å². The van der Waals surface area contributed by atoms with Gasteiger partial charge in [-0.05, 0) is 23.9 Å². The van der Waals surface area contributed by atoms with Gasteiger partial charge in [0.05, 0.1) is 11.4 Å². The fourth-order valence-corrected chi connectivity index (χ4v) is 2.87. The summed E-state index contributed by atoms with van der Waals surface area (Å²) in [5.41, 5.74) is 2.78. The number of aromatic nitrogens is 3. The van der Waals surface area contributed by atoms with Gasteiger partial charge in [-0.1, -0.05) is 41.1 Å². The maximum Gasteiger partial charge on any atom is 0.358 e. The van der Waals surface area contributed by atoms with Crippen molar-refractivity contribution in [3.8, 4) is 10.6 Å². The van der Waals surface area contributed by atoms with Gasteiger partial charge in [0.2, 0.25) is 0 Å². The summed E-state index contributed by atoms with van der Waals surface area (Å²) in [5.74, 6) is -1.06. The summed E-state index contributed by atoms with van der Waals surface area (Å²) in [4.78, 5) is 12.2. The topological polar surface area (TPSA) is 68.0 Å². The van der Waals surface area contributed by atoms with E-state index in [1.54, 1.807) is 4.68 Å². The summed E-state index contributed by atoms with van der Waals surface area (Å²) in [6.07, 6.45) is 0. The van der Waals surface area contributed by atoms with Gasteiger partial charge in [-0.15, -0.1) is 16.4 Å². The highest BCUT2D eigenvalue weighted by Crippen LogP contribution is 2.27. The van der Waals surface area contributed by atoms with Crippen LogP contribution in [0.1, 0.15) is 21.6 Å². The monoisotopic (exact) mass is 299 g/mol. The zero-order chi connectivity index (χ0) is 14.8. The van der Waals surface area contributed by atoms with Crippen LogP contribution in [-0.2, 0) is 6.54 Å². The molecule has 2 aromatic heterocycles. The molecular weight excluding hydrogens is 286 g/mol. The van der Waals surface area contributed by atoms with E-state index in [9.17, 15) is 9.90 Å². The van der Waals surface area contributed by atoms with Crippen molar-refractivity contribution in [1.82, 2.24) is 15.0 Å². The van der Waals surface area contributed by atoms with E-state index in [-0.39, 0.29) is 5.69 Å². The van der Waals surface area contributed by atoms with Gasteiger partial charge in [0.1, 0.15) is 5.69 Å². The normalized spacial score (nSPS) is 10.7. The molecule has 5 nitrogen and oxygen atoms in total. The van der Waals surface area contributed by atoms with Crippen LogP contribution in [0.25, 0.3) is 10.6 Å². The molecular formula is C15H13N3O2S. The molecule has 0 aliphatic rings. The Kier molecular flexibility index (Phi) is 3.53. The fraction of sp³-hybridized carbons (Fsp3) is 0.133. The molecule has 21 heavy (non-hydrogen) atoms. The summed E-state index contributed by atoms with van der Waals surface area (Å²) in [5, 5.41) is 19.0. The second-order valence-corrected chi connectivity index (χ2v) is 5.66. The molecule has 0 bridgehead atoms. The quantitative estimate of drug-likeness (QED) is 0.804. The highest BCUT2D eigenvalue weighted by molar-refractivity contribution is 7.13. The number of carboxylic acid groups (broad SMARTS) is 1. The summed E-state index contributed by atoms with van der Waals surface area (Å²) in [6, 6.07) is 11.8. The summed E-state index contributed by atoms with van der Waals surface area (Å²) in [7, 11) is 0. The van der Waals surface area contributed by atoms with E-state index < -0.39 is 5.97 Å². The lowest BCUT2D eigenvalue weighted by atomic mass is 10.1. The first kappa shape index (κ1) is 13.5. The minimum absolute atomic E-state index is 0.00967. The Morgan fingerprint density at radius 2 is 2.05 bits per heavy atom. The lowest BCUT2D eigenvalue weighted by molar-refractivity contribution is 0.0691. The predicted octanol–water partition coefficient (Wildman–Crippen LogP) is 3.06. The van der Waals surface area contributed by atoms with Crippen LogP contribution in [0.4, 0.5) is 0 Å². The van der Waals surface area contributed by atoms with Gasteiger partial charge in [-0.3, -0.25) is 0 Å². The van der Waals surface area contributed by atoms with Gasteiger partial charge >= 0.3 is 5.97 Å². The van der Waals surface area contributed by atoms with Gasteiger partial charge in [0.25, 0.3) is 0 Å². The molecule has 106 valence electrons. The largest absolute Gasteiger partial charge is 0.476 e. The number of carbonyl (C=O) groups is 1. The second kappa shape index (κ2) is 5.49. The average Bonchev–Trinajstić information content (AvgIpc) is 3.10. The number of hydrogen-bond acceptors (Lipinski definition) is 4. The van der Waals surface area contributed by atoms with E-state index in [1.165, 1.54) is 16.9 Å². The SMILES string of the molecule is Cc1ccc(Cn2nnc(C(=O)O)c2-c2cccs2)cc1. The zero-order valence-electron chi connectivity index (χ0n) is 11.4. The van der Waals surface area contributed by atoms with Gasteiger partial charge in [0, 0.05) is 0 Å². The number of aryl methyl sites for hydroxylation is 1. The van der Waals surface area contributed by atoms with Gasteiger partial charge in [0.15, 0.2) is 5.69 Å². The van der Waals surface area contributed by atoms with Crippen molar-refractivity contribution in [3.05, 3.63) is 58.6 Å². The molecule has 1 aromatic carbocycles. The van der Waals surface area contributed by atoms with Crippen LogP contribution in [0.3, 0.4) is 0 Å². The highest BCUT2D eigenvalue weighted by Gasteiger charge is 2.21. The Morgan fingerprint density at radius 3 is 2.67 bits per heavy atom. The standard InChI is InChI=1S/C15H13N3O2S/c1-10-4-6-11(7-5-10)9-18-14(12-3-2-8-21-12)13(15(19)20)16-17-18/h2-8H,9H2,1H3,(H,19,20).